The highest BCUT2D eigenvalue weighted by Gasteiger charge is 2.39. The van der Waals surface area contributed by atoms with Crippen LogP contribution in [0, 0.1) is 0 Å². The molecule has 2 rings (SSSR count). The summed E-state index contributed by atoms with van der Waals surface area (Å²) in [7, 11) is -3.61. The predicted octanol–water partition coefficient (Wildman–Crippen LogP) is 1.61. The molecule has 1 aliphatic rings. The standard InChI is InChI=1S/C13H18BrNO4S/c1-13(2)9-15(7-10(8-16)19-13)20(17,18)12-6-4-3-5-11(12)14/h3-6,10,16H,7-9H2,1-2H3. The summed E-state index contributed by atoms with van der Waals surface area (Å²) in [5, 5.41) is 9.28. The highest BCUT2D eigenvalue weighted by molar-refractivity contribution is 9.10. The van der Waals surface area contributed by atoms with E-state index in [1.807, 2.05) is 13.8 Å². The van der Waals surface area contributed by atoms with Gasteiger partial charge < -0.3 is 9.84 Å². The van der Waals surface area contributed by atoms with Crippen LogP contribution in [-0.2, 0) is 14.8 Å². The van der Waals surface area contributed by atoms with Gasteiger partial charge in [0, 0.05) is 17.6 Å². The van der Waals surface area contributed by atoms with E-state index in [2.05, 4.69) is 15.9 Å². The van der Waals surface area contributed by atoms with E-state index < -0.39 is 21.7 Å². The first kappa shape index (κ1) is 15.9. The number of benzene rings is 1. The molecule has 1 unspecified atom stereocenters. The minimum atomic E-state index is -3.61. The van der Waals surface area contributed by atoms with Gasteiger partial charge in [0.2, 0.25) is 10.0 Å². The molecule has 1 aromatic rings. The second kappa shape index (κ2) is 5.73. The Kier molecular flexibility index (Phi) is 4.56. The van der Waals surface area contributed by atoms with Gasteiger partial charge in [-0.15, -0.1) is 0 Å². The molecule has 0 bridgehead atoms. The number of morpholine rings is 1. The fourth-order valence-electron chi connectivity index (χ4n) is 2.31. The van der Waals surface area contributed by atoms with Gasteiger partial charge in [-0.2, -0.15) is 4.31 Å². The Hall–Kier alpha value is -0.470. The Bertz CT molecular complexity index is 588. The Morgan fingerprint density at radius 1 is 1.45 bits per heavy atom. The summed E-state index contributed by atoms with van der Waals surface area (Å²) in [6, 6.07) is 6.72. The molecular weight excluding hydrogens is 346 g/mol. The van der Waals surface area contributed by atoms with Crippen molar-refractivity contribution >= 4 is 26.0 Å². The Morgan fingerprint density at radius 2 is 2.10 bits per heavy atom. The minimum Gasteiger partial charge on any atom is -0.394 e. The van der Waals surface area contributed by atoms with Gasteiger partial charge in [0.25, 0.3) is 0 Å². The number of nitrogens with zero attached hydrogens (tertiary/aromatic N) is 1. The Morgan fingerprint density at radius 3 is 2.70 bits per heavy atom. The van der Waals surface area contributed by atoms with Gasteiger partial charge in [-0.05, 0) is 41.9 Å². The molecule has 1 saturated heterocycles. The van der Waals surface area contributed by atoms with Gasteiger partial charge in [-0.3, -0.25) is 0 Å². The lowest BCUT2D eigenvalue weighted by molar-refractivity contribution is -0.131. The molecule has 1 fully saturated rings. The van der Waals surface area contributed by atoms with E-state index in [0.29, 0.717) is 4.47 Å². The SMILES string of the molecule is CC1(C)CN(S(=O)(=O)c2ccccc2Br)CC(CO)O1. The monoisotopic (exact) mass is 363 g/mol. The third-order valence-corrected chi connectivity index (χ3v) is 5.93. The van der Waals surface area contributed by atoms with Crippen molar-refractivity contribution in [2.24, 2.45) is 0 Å². The van der Waals surface area contributed by atoms with Gasteiger partial charge in [0.05, 0.1) is 23.2 Å². The molecule has 0 aliphatic carbocycles. The number of aliphatic hydroxyl groups excluding tert-OH is 1. The summed E-state index contributed by atoms with van der Waals surface area (Å²) >= 11 is 3.27. The van der Waals surface area contributed by atoms with Crippen molar-refractivity contribution in [1.82, 2.24) is 4.31 Å². The maximum absolute atomic E-state index is 12.7. The normalized spacial score (nSPS) is 23.7. The Labute approximate surface area is 127 Å². The molecule has 0 aromatic heterocycles. The molecule has 20 heavy (non-hydrogen) atoms. The molecule has 0 spiro atoms. The predicted molar refractivity (Wildman–Crippen MR) is 78.9 cm³/mol. The average Bonchev–Trinajstić information content (AvgIpc) is 2.37. The summed E-state index contributed by atoms with van der Waals surface area (Å²) in [6.07, 6.45) is -0.504. The molecule has 1 aromatic carbocycles. The molecule has 0 radical (unpaired) electrons. The topological polar surface area (TPSA) is 66.8 Å². The van der Waals surface area contributed by atoms with Crippen molar-refractivity contribution in [3.63, 3.8) is 0 Å². The quantitative estimate of drug-likeness (QED) is 0.885. The third kappa shape index (κ3) is 3.23. The number of ether oxygens (including phenoxy) is 1. The molecule has 0 amide bonds. The van der Waals surface area contributed by atoms with Crippen LogP contribution >= 0.6 is 15.9 Å². The van der Waals surface area contributed by atoms with Crippen molar-refractivity contribution < 1.29 is 18.3 Å². The van der Waals surface area contributed by atoms with Crippen LogP contribution in [0.2, 0.25) is 0 Å². The number of hydrogen-bond acceptors (Lipinski definition) is 4. The van der Waals surface area contributed by atoms with Crippen molar-refractivity contribution in [2.75, 3.05) is 19.7 Å². The smallest absolute Gasteiger partial charge is 0.244 e. The van der Waals surface area contributed by atoms with E-state index in [1.54, 1.807) is 24.3 Å². The summed E-state index contributed by atoms with van der Waals surface area (Å²) in [4.78, 5) is 0.231. The summed E-state index contributed by atoms with van der Waals surface area (Å²) in [5.41, 5.74) is -0.625. The summed E-state index contributed by atoms with van der Waals surface area (Å²) in [5.74, 6) is 0. The summed E-state index contributed by atoms with van der Waals surface area (Å²) in [6.45, 7) is 3.84. The number of hydrogen-bond donors (Lipinski definition) is 1. The number of aliphatic hydroxyl groups is 1. The first-order valence-corrected chi connectivity index (χ1v) is 8.53. The zero-order chi connectivity index (χ0) is 15.0. The van der Waals surface area contributed by atoms with Gasteiger partial charge in [-0.25, -0.2) is 8.42 Å². The van der Waals surface area contributed by atoms with Crippen molar-refractivity contribution in [3.8, 4) is 0 Å². The lowest BCUT2D eigenvalue weighted by Gasteiger charge is -2.41. The van der Waals surface area contributed by atoms with Crippen LogP contribution in [0.25, 0.3) is 0 Å². The van der Waals surface area contributed by atoms with E-state index in [-0.39, 0.29) is 24.6 Å². The second-order valence-electron chi connectivity index (χ2n) is 5.41. The minimum absolute atomic E-state index is 0.156. The molecule has 0 saturated carbocycles. The molecule has 1 aliphatic heterocycles. The molecule has 1 atom stereocenters. The lowest BCUT2D eigenvalue weighted by Crippen LogP contribution is -2.55. The van der Waals surface area contributed by atoms with Gasteiger partial charge >= 0.3 is 0 Å². The van der Waals surface area contributed by atoms with Gasteiger partial charge in [0.15, 0.2) is 0 Å². The number of sulfonamides is 1. The maximum atomic E-state index is 12.7. The highest BCUT2D eigenvalue weighted by atomic mass is 79.9. The molecule has 1 heterocycles. The number of rotatable bonds is 3. The van der Waals surface area contributed by atoms with Crippen LogP contribution in [0.5, 0.6) is 0 Å². The first-order chi connectivity index (χ1) is 9.26. The van der Waals surface area contributed by atoms with Crippen LogP contribution in [0.15, 0.2) is 33.6 Å². The largest absolute Gasteiger partial charge is 0.394 e. The zero-order valence-corrected chi connectivity index (χ0v) is 13.8. The fraction of sp³-hybridized carbons (Fsp3) is 0.538. The van der Waals surface area contributed by atoms with E-state index >= 15 is 0 Å². The lowest BCUT2D eigenvalue weighted by atomic mass is 10.1. The summed E-state index contributed by atoms with van der Waals surface area (Å²) < 4.78 is 33.0. The van der Waals surface area contributed by atoms with E-state index in [0.717, 1.165) is 0 Å². The highest BCUT2D eigenvalue weighted by Crippen LogP contribution is 2.29. The second-order valence-corrected chi connectivity index (χ2v) is 8.17. The number of halogens is 1. The molecule has 7 heteroatoms. The fourth-order valence-corrected chi connectivity index (χ4v) is 4.90. The van der Waals surface area contributed by atoms with Crippen LogP contribution in [-0.4, -0.2) is 49.2 Å². The molecule has 112 valence electrons. The van der Waals surface area contributed by atoms with E-state index in [1.165, 1.54) is 4.31 Å². The van der Waals surface area contributed by atoms with Gasteiger partial charge in [-0.1, -0.05) is 12.1 Å². The maximum Gasteiger partial charge on any atom is 0.244 e. The van der Waals surface area contributed by atoms with Crippen LogP contribution in [0.4, 0.5) is 0 Å². The van der Waals surface area contributed by atoms with E-state index in [4.69, 9.17) is 4.74 Å². The third-order valence-electron chi connectivity index (χ3n) is 3.11. The van der Waals surface area contributed by atoms with Crippen molar-refractivity contribution in [2.45, 2.75) is 30.4 Å². The Balaban J connectivity index is 2.36. The van der Waals surface area contributed by atoms with Crippen molar-refractivity contribution in [1.29, 1.82) is 0 Å². The first-order valence-electron chi connectivity index (χ1n) is 6.29. The molecular formula is C13H18BrNO4S. The molecule has 1 N–H and O–H groups in total. The van der Waals surface area contributed by atoms with Crippen LogP contribution < -0.4 is 0 Å². The average molecular weight is 364 g/mol. The molecule has 5 nitrogen and oxygen atoms in total. The van der Waals surface area contributed by atoms with Crippen LogP contribution in [0.3, 0.4) is 0 Å². The van der Waals surface area contributed by atoms with Gasteiger partial charge in [0.1, 0.15) is 0 Å². The van der Waals surface area contributed by atoms with Crippen molar-refractivity contribution in [3.05, 3.63) is 28.7 Å². The van der Waals surface area contributed by atoms with Crippen LogP contribution in [0.1, 0.15) is 13.8 Å². The van der Waals surface area contributed by atoms with E-state index in [9.17, 15) is 13.5 Å². The zero-order valence-electron chi connectivity index (χ0n) is 11.4.